The molecule has 0 unspecified atom stereocenters. The largest absolute Gasteiger partial charge is 0.467 e. The van der Waals surface area contributed by atoms with Crippen molar-refractivity contribution in [1.82, 2.24) is 23.6 Å². The maximum Gasteiger partial charge on any atom is 0.268 e. The van der Waals surface area contributed by atoms with Crippen LogP contribution in [0.4, 0.5) is 10.3 Å². The average Bonchev–Trinajstić information content (AvgIpc) is 3.63. The van der Waals surface area contributed by atoms with E-state index < -0.39 is 15.8 Å². The second-order valence-electron chi connectivity index (χ2n) is 8.27. The van der Waals surface area contributed by atoms with Gasteiger partial charge in [0.1, 0.15) is 17.9 Å². The molecule has 4 heterocycles. The molecule has 36 heavy (non-hydrogen) atoms. The highest BCUT2D eigenvalue weighted by molar-refractivity contribution is 7.90. The predicted octanol–water partition coefficient (Wildman–Crippen LogP) is 4.64. The minimum absolute atomic E-state index is 0.129. The van der Waals surface area contributed by atoms with Crippen molar-refractivity contribution in [3.8, 4) is 11.1 Å². The second kappa shape index (κ2) is 8.31. The number of anilines is 1. The number of fused-ring (bicyclic) bond motifs is 2. The molecule has 4 aromatic heterocycles. The van der Waals surface area contributed by atoms with Gasteiger partial charge in [-0.3, -0.25) is 4.40 Å². The van der Waals surface area contributed by atoms with Gasteiger partial charge < -0.3 is 9.73 Å². The third-order valence-corrected chi connectivity index (χ3v) is 7.62. The van der Waals surface area contributed by atoms with Crippen LogP contribution < -0.4 is 5.32 Å². The summed E-state index contributed by atoms with van der Waals surface area (Å²) in [4.78, 5) is 4.63. The summed E-state index contributed by atoms with van der Waals surface area (Å²) < 4.78 is 49.6. The van der Waals surface area contributed by atoms with Crippen LogP contribution in [0.25, 0.3) is 27.7 Å². The molecule has 180 valence electrons. The molecule has 0 aliphatic heterocycles. The van der Waals surface area contributed by atoms with E-state index in [4.69, 9.17) is 4.42 Å². The van der Waals surface area contributed by atoms with E-state index in [1.807, 2.05) is 13.0 Å². The first-order valence-corrected chi connectivity index (χ1v) is 12.4. The number of rotatable bonds is 6. The molecule has 9 nitrogen and oxygen atoms in total. The third kappa shape index (κ3) is 3.60. The van der Waals surface area contributed by atoms with Crippen molar-refractivity contribution in [2.75, 3.05) is 5.32 Å². The summed E-state index contributed by atoms with van der Waals surface area (Å²) in [5.74, 6) is 0.704. The van der Waals surface area contributed by atoms with Gasteiger partial charge in [0.05, 0.1) is 23.2 Å². The average molecular weight is 503 g/mol. The number of nitrogens with one attached hydrogen (secondary N) is 1. The first-order chi connectivity index (χ1) is 17.4. The van der Waals surface area contributed by atoms with E-state index in [0.717, 1.165) is 15.3 Å². The predicted molar refractivity (Wildman–Crippen MR) is 131 cm³/mol. The molecule has 0 radical (unpaired) electrons. The van der Waals surface area contributed by atoms with Crippen molar-refractivity contribution < 1.29 is 17.2 Å². The first kappa shape index (κ1) is 22.0. The lowest BCUT2D eigenvalue weighted by atomic mass is 10.1. The van der Waals surface area contributed by atoms with Gasteiger partial charge in [0.15, 0.2) is 5.65 Å². The fourth-order valence-electron chi connectivity index (χ4n) is 4.13. The van der Waals surface area contributed by atoms with E-state index in [0.29, 0.717) is 40.2 Å². The van der Waals surface area contributed by atoms with Gasteiger partial charge in [-0.15, -0.1) is 10.2 Å². The number of nitrogens with zero attached hydrogens (tertiary/aromatic N) is 5. The van der Waals surface area contributed by atoms with Crippen molar-refractivity contribution in [2.24, 2.45) is 0 Å². The highest BCUT2D eigenvalue weighted by Gasteiger charge is 2.24. The topological polar surface area (TPSA) is 107 Å². The van der Waals surface area contributed by atoms with Crippen LogP contribution in [0.1, 0.15) is 11.3 Å². The van der Waals surface area contributed by atoms with E-state index in [1.165, 1.54) is 30.7 Å². The minimum Gasteiger partial charge on any atom is -0.467 e. The fraction of sp³-hybridized carbons (Fsp3) is 0.0800. The van der Waals surface area contributed by atoms with E-state index >= 15 is 0 Å². The van der Waals surface area contributed by atoms with E-state index in [9.17, 15) is 12.8 Å². The second-order valence-corrected chi connectivity index (χ2v) is 10.1. The van der Waals surface area contributed by atoms with Gasteiger partial charge in [0.2, 0.25) is 5.95 Å². The molecule has 6 rings (SSSR count). The van der Waals surface area contributed by atoms with Gasteiger partial charge in [-0.05, 0) is 49.4 Å². The first-order valence-electron chi connectivity index (χ1n) is 11.0. The zero-order chi connectivity index (χ0) is 24.9. The smallest absolute Gasteiger partial charge is 0.268 e. The van der Waals surface area contributed by atoms with Crippen molar-refractivity contribution in [3.05, 3.63) is 96.7 Å². The molecular formula is C25H19FN6O3S. The van der Waals surface area contributed by atoms with Crippen LogP contribution in [0.3, 0.4) is 0 Å². The van der Waals surface area contributed by atoms with Gasteiger partial charge in [0.25, 0.3) is 10.0 Å². The van der Waals surface area contributed by atoms with Crippen LogP contribution in [-0.4, -0.2) is 32.0 Å². The third-order valence-electron chi connectivity index (χ3n) is 5.93. The summed E-state index contributed by atoms with van der Waals surface area (Å²) in [6.07, 6.45) is 6.12. The van der Waals surface area contributed by atoms with Crippen molar-refractivity contribution >= 4 is 32.5 Å². The molecule has 11 heteroatoms. The maximum absolute atomic E-state index is 14.3. The summed E-state index contributed by atoms with van der Waals surface area (Å²) in [6.45, 7) is 2.28. The van der Waals surface area contributed by atoms with Crippen molar-refractivity contribution in [3.63, 3.8) is 0 Å². The Kier molecular flexibility index (Phi) is 5.07. The molecule has 1 N–H and O–H groups in total. The van der Waals surface area contributed by atoms with Gasteiger partial charge in [-0.2, -0.15) is 0 Å². The summed E-state index contributed by atoms with van der Waals surface area (Å²) in [6, 6.07) is 14.2. The van der Waals surface area contributed by atoms with E-state index in [2.05, 4.69) is 20.5 Å². The molecule has 0 saturated carbocycles. The summed E-state index contributed by atoms with van der Waals surface area (Å²) >= 11 is 0. The monoisotopic (exact) mass is 502 g/mol. The van der Waals surface area contributed by atoms with Crippen LogP contribution in [-0.2, 0) is 16.6 Å². The van der Waals surface area contributed by atoms with Crippen molar-refractivity contribution in [1.29, 1.82) is 0 Å². The zero-order valence-electron chi connectivity index (χ0n) is 19.0. The SMILES string of the molecule is Cc1ccc(S(=O)(=O)n2cc(-c3cnc(NCc4ccco4)n4cnnc34)c3cc(F)ccc32)cc1. The molecule has 2 aromatic carbocycles. The Hall–Kier alpha value is -4.51. The molecule has 0 amide bonds. The molecule has 0 aliphatic rings. The summed E-state index contributed by atoms with van der Waals surface area (Å²) in [5, 5.41) is 11.8. The Morgan fingerprint density at radius 3 is 2.69 bits per heavy atom. The number of hydrogen-bond donors (Lipinski definition) is 1. The molecule has 0 fully saturated rings. The van der Waals surface area contributed by atoms with Crippen LogP contribution in [0.15, 0.2) is 88.9 Å². The lowest BCUT2D eigenvalue weighted by Crippen LogP contribution is -2.11. The maximum atomic E-state index is 14.3. The summed E-state index contributed by atoms with van der Waals surface area (Å²) in [7, 11) is -3.96. The lowest BCUT2D eigenvalue weighted by molar-refractivity contribution is 0.517. The van der Waals surface area contributed by atoms with Crippen LogP contribution in [0.2, 0.25) is 0 Å². The molecule has 0 atom stereocenters. The quantitative estimate of drug-likeness (QED) is 0.354. The highest BCUT2D eigenvalue weighted by Crippen LogP contribution is 2.35. The molecule has 0 aliphatic carbocycles. The fourth-order valence-corrected chi connectivity index (χ4v) is 5.50. The highest BCUT2D eigenvalue weighted by atomic mass is 32.2. The van der Waals surface area contributed by atoms with Crippen LogP contribution in [0.5, 0.6) is 0 Å². The van der Waals surface area contributed by atoms with Crippen molar-refractivity contribution in [2.45, 2.75) is 18.4 Å². The number of hydrogen-bond acceptors (Lipinski definition) is 7. The molecule has 0 spiro atoms. The molecule has 0 bridgehead atoms. The summed E-state index contributed by atoms with van der Waals surface area (Å²) in [5.41, 5.74) is 2.68. The number of benzene rings is 2. The van der Waals surface area contributed by atoms with Gasteiger partial charge in [0, 0.05) is 28.9 Å². The molecular weight excluding hydrogens is 483 g/mol. The number of halogens is 1. The van der Waals surface area contributed by atoms with E-state index in [-0.39, 0.29) is 4.90 Å². The van der Waals surface area contributed by atoms with Gasteiger partial charge in [-0.1, -0.05) is 17.7 Å². The molecule has 6 aromatic rings. The normalized spacial score (nSPS) is 11.9. The van der Waals surface area contributed by atoms with Gasteiger partial charge in [-0.25, -0.2) is 21.8 Å². The van der Waals surface area contributed by atoms with Crippen LogP contribution >= 0.6 is 0 Å². The number of furan rings is 1. The van der Waals surface area contributed by atoms with Gasteiger partial charge >= 0.3 is 0 Å². The zero-order valence-corrected chi connectivity index (χ0v) is 19.8. The van der Waals surface area contributed by atoms with E-state index in [1.54, 1.807) is 47.2 Å². The standard InChI is InChI=1S/C25H19FN6O3S/c1-16-4-7-19(8-5-16)36(33,34)32-14-22(20-11-17(26)6-9-23(20)32)21-13-28-25(31-15-29-30-24(21)31)27-12-18-3-2-10-35-18/h2-11,13-15H,12H2,1H3,(H,27,28). The Morgan fingerprint density at radius 1 is 1.08 bits per heavy atom. The Bertz CT molecular complexity index is 1820. The van der Waals surface area contributed by atoms with Crippen LogP contribution in [0, 0.1) is 12.7 Å². The number of aromatic nitrogens is 5. The number of aryl methyl sites for hydroxylation is 1. The Morgan fingerprint density at radius 2 is 1.92 bits per heavy atom. The minimum atomic E-state index is -3.96. The Balaban J connectivity index is 1.51. The molecule has 0 saturated heterocycles. The lowest BCUT2D eigenvalue weighted by Gasteiger charge is -2.09. The Labute approximate surface area is 204 Å².